The van der Waals surface area contributed by atoms with Gasteiger partial charge in [0.2, 0.25) is 0 Å². The lowest BCUT2D eigenvalue weighted by molar-refractivity contribution is 0.213. The highest BCUT2D eigenvalue weighted by Gasteiger charge is 2.17. The van der Waals surface area contributed by atoms with Gasteiger partial charge >= 0.3 is 0 Å². The van der Waals surface area contributed by atoms with Crippen molar-refractivity contribution in [1.82, 2.24) is 9.88 Å². The molecule has 0 bridgehead atoms. The molecule has 19 heavy (non-hydrogen) atoms. The van der Waals surface area contributed by atoms with Crippen molar-refractivity contribution in [2.75, 3.05) is 44.4 Å². The second-order valence-corrected chi connectivity index (χ2v) is 5.86. The third-order valence-electron chi connectivity index (χ3n) is 4.24. The standard InChI is InChI=1S/C15H26N4/c1-12-10-15(17-11-14(12)16)19(3)9-6-13-4-7-18(2)8-5-13/h10-11,13H,4-9,16H2,1-3H3. The average molecular weight is 262 g/mol. The summed E-state index contributed by atoms with van der Waals surface area (Å²) in [6, 6.07) is 2.07. The molecule has 1 aliphatic heterocycles. The number of piperidine rings is 1. The molecule has 0 amide bonds. The Balaban J connectivity index is 1.83. The normalized spacial score (nSPS) is 17.6. The van der Waals surface area contributed by atoms with E-state index in [1.165, 1.54) is 32.4 Å². The van der Waals surface area contributed by atoms with E-state index in [0.29, 0.717) is 0 Å². The molecule has 4 heteroatoms. The third kappa shape index (κ3) is 3.83. The van der Waals surface area contributed by atoms with Gasteiger partial charge in [-0.15, -0.1) is 0 Å². The molecular formula is C15H26N4. The predicted octanol–water partition coefficient (Wildman–Crippen LogP) is 2.14. The van der Waals surface area contributed by atoms with Crippen LogP contribution in [0.3, 0.4) is 0 Å². The molecule has 0 atom stereocenters. The largest absolute Gasteiger partial charge is 0.397 e. The molecule has 106 valence electrons. The Morgan fingerprint density at radius 1 is 1.42 bits per heavy atom. The van der Waals surface area contributed by atoms with Gasteiger partial charge in [-0.25, -0.2) is 4.98 Å². The van der Waals surface area contributed by atoms with Crippen LogP contribution >= 0.6 is 0 Å². The zero-order valence-corrected chi connectivity index (χ0v) is 12.4. The molecule has 4 nitrogen and oxygen atoms in total. The van der Waals surface area contributed by atoms with Gasteiger partial charge < -0.3 is 15.5 Å². The Morgan fingerprint density at radius 3 is 2.74 bits per heavy atom. The van der Waals surface area contributed by atoms with Crippen LogP contribution in [0.4, 0.5) is 11.5 Å². The van der Waals surface area contributed by atoms with Gasteiger partial charge in [0, 0.05) is 13.6 Å². The summed E-state index contributed by atoms with van der Waals surface area (Å²) in [5.74, 6) is 1.90. The second kappa shape index (κ2) is 6.24. The van der Waals surface area contributed by atoms with Gasteiger partial charge in [0.15, 0.2) is 0 Å². The first-order valence-electron chi connectivity index (χ1n) is 7.18. The third-order valence-corrected chi connectivity index (χ3v) is 4.24. The van der Waals surface area contributed by atoms with Gasteiger partial charge in [0.25, 0.3) is 0 Å². The fraction of sp³-hybridized carbons (Fsp3) is 0.667. The Kier molecular flexibility index (Phi) is 4.64. The van der Waals surface area contributed by atoms with Crippen molar-refractivity contribution >= 4 is 11.5 Å². The van der Waals surface area contributed by atoms with Crippen LogP contribution in [-0.2, 0) is 0 Å². The van der Waals surface area contributed by atoms with Crippen molar-refractivity contribution in [1.29, 1.82) is 0 Å². The molecule has 0 spiro atoms. The molecule has 0 aliphatic carbocycles. The number of hydrogen-bond donors (Lipinski definition) is 1. The van der Waals surface area contributed by atoms with Crippen LogP contribution in [0.5, 0.6) is 0 Å². The number of likely N-dealkylation sites (tertiary alicyclic amines) is 1. The SMILES string of the molecule is Cc1cc(N(C)CCC2CCN(C)CC2)ncc1N. The number of nitrogens with two attached hydrogens (primary N) is 1. The van der Waals surface area contributed by atoms with Gasteiger partial charge in [-0.05, 0) is 63.9 Å². The van der Waals surface area contributed by atoms with E-state index in [1.807, 2.05) is 6.92 Å². The highest BCUT2D eigenvalue weighted by atomic mass is 15.2. The second-order valence-electron chi connectivity index (χ2n) is 5.86. The fourth-order valence-corrected chi connectivity index (χ4v) is 2.60. The summed E-state index contributed by atoms with van der Waals surface area (Å²) in [5.41, 5.74) is 7.69. The van der Waals surface area contributed by atoms with Crippen LogP contribution in [0.25, 0.3) is 0 Å². The Hall–Kier alpha value is -1.29. The van der Waals surface area contributed by atoms with Crippen LogP contribution in [-0.4, -0.2) is 43.6 Å². The average Bonchev–Trinajstić information content (AvgIpc) is 2.41. The molecule has 1 aromatic rings. The number of anilines is 2. The fourth-order valence-electron chi connectivity index (χ4n) is 2.60. The highest BCUT2D eigenvalue weighted by Crippen LogP contribution is 2.21. The zero-order valence-electron chi connectivity index (χ0n) is 12.4. The van der Waals surface area contributed by atoms with Crippen LogP contribution in [0.1, 0.15) is 24.8 Å². The van der Waals surface area contributed by atoms with Crippen molar-refractivity contribution in [2.24, 2.45) is 5.92 Å². The molecule has 0 saturated carbocycles. The number of nitrogens with zero attached hydrogens (tertiary/aromatic N) is 3. The van der Waals surface area contributed by atoms with Crippen molar-refractivity contribution < 1.29 is 0 Å². The van der Waals surface area contributed by atoms with Crippen molar-refractivity contribution in [2.45, 2.75) is 26.2 Å². The number of aromatic nitrogens is 1. The number of pyridine rings is 1. The molecule has 0 aromatic carbocycles. The molecule has 2 N–H and O–H groups in total. The molecule has 1 aliphatic rings. The van der Waals surface area contributed by atoms with Crippen molar-refractivity contribution in [3.05, 3.63) is 17.8 Å². The smallest absolute Gasteiger partial charge is 0.128 e. The summed E-state index contributed by atoms with van der Waals surface area (Å²) in [4.78, 5) is 9.07. The number of hydrogen-bond acceptors (Lipinski definition) is 4. The van der Waals surface area contributed by atoms with E-state index < -0.39 is 0 Å². The molecule has 2 heterocycles. The molecule has 1 aromatic heterocycles. The van der Waals surface area contributed by atoms with Crippen LogP contribution < -0.4 is 10.6 Å². The topological polar surface area (TPSA) is 45.4 Å². The summed E-state index contributed by atoms with van der Waals surface area (Å²) in [7, 11) is 4.33. The molecular weight excluding hydrogens is 236 g/mol. The van der Waals surface area contributed by atoms with E-state index in [4.69, 9.17) is 5.73 Å². The lowest BCUT2D eigenvalue weighted by Gasteiger charge is -2.30. The zero-order chi connectivity index (χ0) is 13.8. The monoisotopic (exact) mass is 262 g/mol. The number of nitrogen functional groups attached to an aromatic ring is 1. The van der Waals surface area contributed by atoms with Crippen molar-refractivity contribution in [3.8, 4) is 0 Å². The van der Waals surface area contributed by atoms with Gasteiger partial charge in [-0.2, -0.15) is 0 Å². The molecule has 0 radical (unpaired) electrons. The van der Waals surface area contributed by atoms with E-state index in [-0.39, 0.29) is 0 Å². The van der Waals surface area contributed by atoms with Crippen LogP contribution in [0.15, 0.2) is 12.3 Å². The lowest BCUT2D eigenvalue weighted by atomic mass is 9.94. The Labute approximate surface area is 116 Å². The first-order valence-corrected chi connectivity index (χ1v) is 7.18. The predicted molar refractivity (Wildman–Crippen MR) is 81.5 cm³/mol. The first kappa shape index (κ1) is 14.1. The van der Waals surface area contributed by atoms with E-state index in [2.05, 4.69) is 34.9 Å². The minimum Gasteiger partial charge on any atom is -0.397 e. The van der Waals surface area contributed by atoms with Crippen LogP contribution in [0.2, 0.25) is 0 Å². The van der Waals surface area contributed by atoms with Gasteiger partial charge in [0.05, 0.1) is 11.9 Å². The summed E-state index contributed by atoms with van der Waals surface area (Å²) in [6.07, 6.45) is 5.68. The lowest BCUT2D eigenvalue weighted by Crippen LogP contribution is -2.32. The molecule has 0 unspecified atom stereocenters. The quantitative estimate of drug-likeness (QED) is 0.903. The maximum absolute atomic E-state index is 5.81. The summed E-state index contributed by atoms with van der Waals surface area (Å²) < 4.78 is 0. The molecule has 1 saturated heterocycles. The Bertz CT molecular complexity index is 411. The Morgan fingerprint density at radius 2 is 2.11 bits per heavy atom. The minimum absolute atomic E-state index is 0.771. The van der Waals surface area contributed by atoms with Gasteiger partial charge in [-0.3, -0.25) is 0 Å². The van der Waals surface area contributed by atoms with Crippen molar-refractivity contribution in [3.63, 3.8) is 0 Å². The minimum atomic E-state index is 0.771. The van der Waals surface area contributed by atoms with Crippen LogP contribution in [0, 0.1) is 12.8 Å². The molecule has 2 rings (SSSR count). The summed E-state index contributed by atoms with van der Waals surface area (Å²) >= 11 is 0. The van der Waals surface area contributed by atoms with Gasteiger partial charge in [0.1, 0.15) is 5.82 Å². The van der Waals surface area contributed by atoms with E-state index >= 15 is 0 Å². The van der Waals surface area contributed by atoms with E-state index in [0.717, 1.165) is 29.5 Å². The maximum atomic E-state index is 5.81. The first-order chi connectivity index (χ1) is 9.06. The summed E-state index contributed by atoms with van der Waals surface area (Å²) in [6.45, 7) is 5.59. The molecule has 1 fully saturated rings. The maximum Gasteiger partial charge on any atom is 0.128 e. The number of rotatable bonds is 4. The van der Waals surface area contributed by atoms with E-state index in [1.54, 1.807) is 6.20 Å². The number of aryl methyl sites for hydroxylation is 1. The van der Waals surface area contributed by atoms with E-state index in [9.17, 15) is 0 Å². The van der Waals surface area contributed by atoms with Gasteiger partial charge in [-0.1, -0.05) is 0 Å². The highest BCUT2D eigenvalue weighted by molar-refractivity contribution is 5.51. The summed E-state index contributed by atoms with van der Waals surface area (Å²) in [5, 5.41) is 0.